The molecule has 2 N–H and O–H groups in total. The Morgan fingerprint density at radius 2 is 1.51 bits per heavy atom. The summed E-state index contributed by atoms with van der Waals surface area (Å²) in [6.45, 7) is 0.118. The summed E-state index contributed by atoms with van der Waals surface area (Å²) in [6, 6.07) is 23.8. The summed E-state index contributed by atoms with van der Waals surface area (Å²) in [5.74, 6) is -5.02. The topological polar surface area (TPSA) is 135 Å². The van der Waals surface area contributed by atoms with Gasteiger partial charge in [0.15, 0.2) is 0 Å². The lowest BCUT2D eigenvalue weighted by molar-refractivity contribution is -0.142. The van der Waals surface area contributed by atoms with E-state index >= 15 is 9.59 Å². The quantitative estimate of drug-likeness (QED) is 0.137. The normalized spacial score (nSPS) is 25.6. The molecule has 6 unspecified atom stereocenters. The van der Waals surface area contributed by atoms with Crippen molar-refractivity contribution in [2.24, 2.45) is 23.7 Å². The number of carbonyl (C=O) groups excluding carboxylic acids is 4. The van der Waals surface area contributed by atoms with Gasteiger partial charge in [0.05, 0.1) is 61.8 Å². The number of phenols is 1. The Bertz CT molecular complexity index is 2240. The van der Waals surface area contributed by atoms with Crippen LogP contribution in [-0.2, 0) is 31.1 Å². The van der Waals surface area contributed by atoms with Gasteiger partial charge >= 0.3 is 0 Å². The van der Waals surface area contributed by atoms with Gasteiger partial charge < -0.3 is 19.3 Å². The summed E-state index contributed by atoms with van der Waals surface area (Å²) in [6.07, 6.45) is 2.26. The standard InChI is InChI=1S/C42H37Cl2N3O8/c1-53-26-12-9-23(10-13-26)42-30(39(50)47(41(42)52)45-32-16-11-24(43)17-31(32)44)20-29-27(37(42)36-33(54-2)18-25(48)19-34(36)55-3)14-15-28-35(29)40(51)46(38(28)49)21-22-7-5-4-6-8-22/h4-14,16-19,28-30,35,37,45,48H,15,20-21H2,1-3H3. The van der Waals surface area contributed by atoms with E-state index in [0.717, 1.165) is 10.6 Å². The first-order valence-electron chi connectivity index (χ1n) is 17.8. The lowest BCUT2D eigenvalue weighted by atomic mass is 9.49. The van der Waals surface area contributed by atoms with Gasteiger partial charge in [0, 0.05) is 28.6 Å². The van der Waals surface area contributed by atoms with Crippen molar-refractivity contribution < 1.29 is 38.5 Å². The van der Waals surface area contributed by atoms with Crippen molar-refractivity contribution in [1.82, 2.24) is 9.91 Å². The molecule has 0 bridgehead atoms. The number of fused-ring (bicyclic) bond motifs is 4. The largest absolute Gasteiger partial charge is 0.508 e. The van der Waals surface area contributed by atoms with Crippen LogP contribution in [0.25, 0.3) is 0 Å². The Morgan fingerprint density at radius 3 is 2.15 bits per heavy atom. The van der Waals surface area contributed by atoms with Crippen LogP contribution in [0.4, 0.5) is 5.69 Å². The number of carbonyl (C=O) groups is 4. The number of imide groups is 2. The van der Waals surface area contributed by atoms with Crippen LogP contribution >= 0.6 is 23.2 Å². The van der Waals surface area contributed by atoms with E-state index in [1.54, 1.807) is 36.4 Å². The molecule has 0 spiro atoms. The number of nitrogens with zero attached hydrogens (tertiary/aromatic N) is 2. The number of anilines is 1. The van der Waals surface area contributed by atoms with Crippen LogP contribution in [0, 0.1) is 23.7 Å². The van der Waals surface area contributed by atoms with Gasteiger partial charge in [0.2, 0.25) is 11.8 Å². The Kier molecular flexibility index (Phi) is 9.25. The first-order chi connectivity index (χ1) is 26.5. The summed E-state index contributed by atoms with van der Waals surface area (Å²) in [7, 11) is 4.42. The van der Waals surface area contributed by atoms with Crippen molar-refractivity contribution in [2.75, 3.05) is 26.8 Å². The third-order valence-corrected chi connectivity index (χ3v) is 12.2. The number of aromatic hydroxyl groups is 1. The molecule has 6 atom stereocenters. The van der Waals surface area contributed by atoms with Crippen LogP contribution < -0.4 is 19.6 Å². The van der Waals surface area contributed by atoms with E-state index in [4.69, 9.17) is 37.4 Å². The zero-order chi connectivity index (χ0) is 38.8. The highest BCUT2D eigenvalue weighted by Crippen LogP contribution is 2.66. The second kappa shape index (κ2) is 14.0. The van der Waals surface area contributed by atoms with Gasteiger partial charge in [0.1, 0.15) is 23.0 Å². The number of methoxy groups -OCH3 is 3. The van der Waals surface area contributed by atoms with E-state index in [0.29, 0.717) is 27.5 Å². The Hall–Kier alpha value is -5.52. The minimum absolute atomic E-state index is 0.0769. The number of nitrogens with one attached hydrogen (secondary N) is 1. The van der Waals surface area contributed by atoms with Crippen molar-refractivity contribution in [2.45, 2.75) is 30.7 Å². The molecule has 55 heavy (non-hydrogen) atoms. The van der Waals surface area contributed by atoms with Crippen LogP contribution in [0.3, 0.4) is 0 Å². The molecule has 0 radical (unpaired) electrons. The zero-order valence-electron chi connectivity index (χ0n) is 30.1. The summed E-state index contributed by atoms with van der Waals surface area (Å²) in [4.78, 5) is 60.6. The van der Waals surface area contributed by atoms with Gasteiger partial charge in [-0.3, -0.25) is 29.5 Å². The SMILES string of the molecule is COc1ccc(C23C(=O)N(Nc4ccc(Cl)cc4Cl)C(=O)C2CC2C(=CCC4C(=O)N(Cc5ccccc5)C(=O)C42)C3c2c(OC)cc(O)cc2OC)cc1. The third kappa shape index (κ3) is 5.62. The molecule has 4 aromatic rings. The van der Waals surface area contributed by atoms with Gasteiger partial charge in [-0.05, 0) is 60.2 Å². The highest BCUT2D eigenvalue weighted by atomic mass is 35.5. The molecular weight excluding hydrogens is 745 g/mol. The fourth-order valence-electron chi connectivity index (χ4n) is 9.35. The van der Waals surface area contributed by atoms with E-state index in [2.05, 4.69) is 5.43 Å². The number of amides is 4. The maximum Gasteiger partial charge on any atom is 0.260 e. The molecule has 13 heteroatoms. The Balaban J connectivity index is 1.36. The van der Waals surface area contributed by atoms with Crippen molar-refractivity contribution in [3.05, 3.63) is 123 Å². The summed E-state index contributed by atoms with van der Waals surface area (Å²) < 4.78 is 17.3. The highest BCUT2D eigenvalue weighted by molar-refractivity contribution is 6.36. The average molecular weight is 783 g/mol. The Morgan fingerprint density at radius 1 is 0.818 bits per heavy atom. The summed E-state index contributed by atoms with van der Waals surface area (Å²) in [5, 5.41) is 12.3. The molecule has 4 aromatic carbocycles. The molecule has 4 aliphatic rings. The minimum atomic E-state index is -1.66. The fraction of sp³-hybridized carbons (Fsp3) is 0.286. The van der Waals surface area contributed by atoms with E-state index in [9.17, 15) is 14.7 Å². The predicted octanol–water partition coefficient (Wildman–Crippen LogP) is 6.91. The fourth-order valence-corrected chi connectivity index (χ4v) is 9.80. The average Bonchev–Trinajstić information content (AvgIpc) is 3.56. The number of hydrogen-bond donors (Lipinski definition) is 2. The smallest absolute Gasteiger partial charge is 0.260 e. The van der Waals surface area contributed by atoms with E-state index in [1.807, 2.05) is 36.4 Å². The number of likely N-dealkylation sites (tertiary alicyclic amines) is 1. The molecule has 2 aliphatic heterocycles. The van der Waals surface area contributed by atoms with Gasteiger partial charge in [-0.2, -0.15) is 5.01 Å². The maximum atomic E-state index is 15.6. The molecule has 11 nitrogen and oxygen atoms in total. The second-order valence-corrected chi connectivity index (χ2v) is 15.1. The second-order valence-electron chi connectivity index (χ2n) is 14.2. The van der Waals surface area contributed by atoms with Crippen LogP contribution in [0.5, 0.6) is 23.0 Å². The molecule has 0 aromatic heterocycles. The van der Waals surface area contributed by atoms with Crippen LogP contribution in [0.1, 0.15) is 35.4 Å². The van der Waals surface area contributed by atoms with Gasteiger partial charge in [-0.1, -0.05) is 77.3 Å². The van der Waals surface area contributed by atoms with Crippen LogP contribution in [-0.4, -0.2) is 60.0 Å². The first kappa shape index (κ1) is 36.5. The van der Waals surface area contributed by atoms with Crippen molar-refractivity contribution >= 4 is 52.5 Å². The van der Waals surface area contributed by atoms with E-state index in [1.165, 1.54) is 44.4 Å². The molecule has 2 saturated heterocycles. The summed E-state index contributed by atoms with van der Waals surface area (Å²) in [5.41, 5.74) is 4.04. The van der Waals surface area contributed by atoms with E-state index < -0.39 is 46.8 Å². The highest BCUT2D eigenvalue weighted by Gasteiger charge is 2.71. The first-order valence-corrected chi connectivity index (χ1v) is 18.6. The Labute approximate surface area is 327 Å². The molecule has 282 valence electrons. The number of rotatable bonds is 9. The summed E-state index contributed by atoms with van der Waals surface area (Å²) >= 11 is 12.8. The van der Waals surface area contributed by atoms with Crippen LogP contribution in [0.2, 0.25) is 10.0 Å². The van der Waals surface area contributed by atoms with Crippen molar-refractivity contribution in [3.63, 3.8) is 0 Å². The molecule has 3 fully saturated rings. The molecule has 2 aliphatic carbocycles. The number of hydrogen-bond acceptors (Lipinski definition) is 9. The number of allylic oxidation sites excluding steroid dienone is 2. The third-order valence-electron chi connectivity index (χ3n) is 11.7. The van der Waals surface area contributed by atoms with Gasteiger partial charge in [-0.15, -0.1) is 0 Å². The number of benzene rings is 4. The zero-order valence-corrected chi connectivity index (χ0v) is 31.6. The van der Waals surface area contributed by atoms with Gasteiger partial charge in [-0.25, -0.2) is 0 Å². The van der Waals surface area contributed by atoms with Gasteiger partial charge in [0.25, 0.3) is 11.8 Å². The number of phenolic OH excluding ortho intramolecular Hbond substituents is 1. The van der Waals surface area contributed by atoms with E-state index in [-0.39, 0.29) is 59.2 Å². The maximum absolute atomic E-state index is 15.6. The lowest BCUT2D eigenvalue weighted by Crippen LogP contribution is -2.53. The minimum Gasteiger partial charge on any atom is -0.508 e. The predicted molar refractivity (Wildman–Crippen MR) is 204 cm³/mol. The molecule has 2 heterocycles. The van der Waals surface area contributed by atoms with Crippen LogP contribution in [0.15, 0.2) is 96.6 Å². The van der Waals surface area contributed by atoms with Crippen molar-refractivity contribution in [1.29, 1.82) is 0 Å². The number of ether oxygens (including phenoxy) is 3. The number of hydrazine groups is 1. The monoisotopic (exact) mass is 781 g/mol. The molecule has 8 rings (SSSR count). The number of halogens is 2. The molecular formula is C42H37Cl2N3O8. The molecule has 4 amide bonds. The van der Waals surface area contributed by atoms with Crippen molar-refractivity contribution in [3.8, 4) is 23.0 Å². The lowest BCUT2D eigenvalue weighted by Gasteiger charge is -2.51. The molecule has 1 saturated carbocycles.